The molecule has 0 aliphatic heterocycles. The topological polar surface area (TPSA) is 66.5 Å². The number of hydrogen-bond acceptors (Lipinski definition) is 4. The number of H-pyrrole nitrogens is 1. The molecule has 2 rings (SSSR count). The van der Waals surface area contributed by atoms with Gasteiger partial charge >= 0.3 is 0 Å². The van der Waals surface area contributed by atoms with Crippen LogP contribution in [0.25, 0.3) is 0 Å². The van der Waals surface area contributed by atoms with E-state index in [-0.39, 0.29) is 0 Å². The van der Waals surface area contributed by atoms with Gasteiger partial charge in [0, 0.05) is 30.5 Å². The van der Waals surface area contributed by atoms with Gasteiger partial charge in [-0.25, -0.2) is 0 Å². The van der Waals surface area contributed by atoms with Gasteiger partial charge in [-0.1, -0.05) is 0 Å². The lowest BCUT2D eigenvalue weighted by atomic mass is 10.2. The van der Waals surface area contributed by atoms with Crippen LogP contribution in [0.4, 0.5) is 0 Å². The maximum Gasteiger partial charge on any atom is 0.0769 e. The molecule has 5 heteroatoms. The highest BCUT2D eigenvalue weighted by Crippen LogP contribution is 2.08. The Kier molecular flexibility index (Phi) is 3.26. The quantitative estimate of drug-likeness (QED) is 0.805. The lowest BCUT2D eigenvalue weighted by Crippen LogP contribution is -2.14. The predicted molar refractivity (Wildman–Crippen MR) is 60.6 cm³/mol. The molecule has 2 aromatic rings. The average molecular weight is 217 g/mol. The summed E-state index contributed by atoms with van der Waals surface area (Å²) in [5.41, 5.74) is 4.33. The monoisotopic (exact) mass is 217 g/mol. The first kappa shape index (κ1) is 10.8. The molecular formula is C11H15N5. The van der Waals surface area contributed by atoms with Crippen LogP contribution in [0.3, 0.4) is 0 Å². The first-order valence-corrected chi connectivity index (χ1v) is 5.25. The van der Waals surface area contributed by atoms with Crippen molar-refractivity contribution in [2.75, 3.05) is 0 Å². The second-order valence-corrected chi connectivity index (χ2v) is 3.73. The highest BCUT2D eigenvalue weighted by Gasteiger charge is 2.05. The van der Waals surface area contributed by atoms with Crippen molar-refractivity contribution >= 4 is 0 Å². The van der Waals surface area contributed by atoms with Crippen LogP contribution in [-0.2, 0) is 13.1 Å². The van der Waals surface area contributed by atoms with E-state index in [1.54, 1.807) is 6.20 Å². The lowest BCUT2D eigenvalue weighted by Gasteiger charge is -2.03. The minimum Gasteiger partial charge on any atom is -0.307 e. The summed E-state index contributed by atoms with van der Waals surface area (Å²) in [4.78, 5) is 0. The fourth-order valence-corrected chi connectivity index (χ4v) is 1.58. The first-order chi connectivity index (χ1) is 7.77. The van der Waals surface area contributed by atoms with Crippen LogP contribution in [0.5, 0.6) is 0 Å². The number of aromatic nitrogens is 4. The Hall–Kier alpha value is -1.75. The van der Waals surface area contributed by atoms with Crippen LogP contribution >= 0.6 is 0 Å². The molecule has 0 saturated heterocycles. The molecule has 0 bridgehead atoms. The molecule has 2 heterocycles. The Morgan fingerprint density at radius 3 is 2.81 bits per heavy atom. The molecule has 5 nitrogen and oxygen atoms in total. The summed E-state index contributed by atoms with van der Waals surface area (Å²) in [5, 5.41) is 18.3. The van der Waals surface area contributed by atoms with Crippen LogP contribution in [-0.4, -0.2) is 20.4 Å². The second-order valence-electron chi connectivity index (χ2n) is 3.73. The molecule has 0 aliphatic rings. The minimum absolute atomic E-state index is 0.720. The van der Waals surface area contributed by atoms with E-state index in [1.807, 2.05) is 26.0 Å². The third-order valence-electron chi connectivity index (χ3n) is 2.52. The molecule has 0 unspecified atom stereocenters. The minimum atomic E-state index is 0.720. The Balaban J connectivity index is 1.89. The number of rotatable bonds is 4. The molecule has 0 aliphatic carbocycles. The summed E-state index contributed by atoms with van der Waals surface area (Å²) in [6, 6.07) is 3.84. The maximum atomic E-state index is 4.15. The van der Waals surface area contributed by atoms with Gasteiger partial charge in [0.2, 0.25) is 0 Å². The Bertz CT molecular complexity index is 429. The van der Waals surface area contributed by atoms with E-state index in [0.717, 1.165) is 30.2 Å². The maximum absolute atomic E-state index is 4.15. The summed E-state index contributed by atoms with van der Waals surface area (Å²) >= 11 is 0. The van der Waals surface area contributed by atoms with Gasteiger partial charge in [-0.15, -0.1) is 0 Å². The van der Waals surface area contributed by atoms with Crippen molar-refractivity contribution in [3.63, 3.8) is 0 Å². The zero-order chi connectivity index (χ0) is 11.4. The predicted octanol–water partition coefficient (Wildman–Crippen LogP) is 1.11. The van der Waals surface area contributed by atoms with Crippen molar-refractivity contribution in [2.24, 2.45) is 0 Å². The van der Waals surface area contributed by atoms with E-state index in [2.05, 4.69) is 25.7 Å². The van der Waals surface area contributed by atoms with Crippen LogP contribution in [0.2, 0.25) is 0 Å². The summed E-state index contributed by atoms with van der Waals surface area (Å²) in [7, 11) is 0. The van der Waals surface area contributed by atoms with E-state index in [9.17, 15) is 0 Å². The van der Waals surface area contributed by atoms with E-state index in [0.29, 0.717) is 0 Å². The van der Waals surface area contributed by atoms with Crippen LogP contribution in [0, 0.1) is 13.8 Å². The highest BCUT2D eigenvalue weighted by molar-refractivity contribution is 5.22. The molecule has 0 aromatic carbocycles. The SMILES string of the molecule is Cc1n[nH]c(C)c1CNCc1cccnn1. The van der Waals surface area contributed by atoms with Crippen molar-refractivity contribution in [3.05, 3.63) is 41.0 Å². The molecule has 0 spiro atoms. The van der Waals surface area contributed by atoms with E-state index in [1.165, 1.54) is 5.56 Å². The van der Waals surface area contributed by atoms with E-state index >= 15 is 0 Å². The van der Waals surface area contributed by atoms with Gasteiger partial charge in [-0.3, -0.25) is 5.10 Å². The number of hydrogen-bond donors (Lipinski definition) is 2. The molecule has 16 heavy (non-hydrogen) atoms. The first-order valence-electron chi connectivity index (χ1n) is 5.25. The number of nitrogens with one attached hydrogen (secondary N) is 2. The van der Waals surface area contributed by atoms with E-state index in [4.69, 9.17) is 0 Å². The van der Waals surface area contributed by atoms with Crippen molar-refractivity contribution in [1.82, 2.24) is 25.7 Å². The third-order valence-corrected chi connectivity index (χ3v) is 2.52. The van der Waals surface area contributed by atoms with Crippen molar-refractivity contribution in [3.8, 4) is 0 Å². The summed E-state index contributed by atoms with van der Waals surface area (Å²) in [5.74, 6) is 0. The third kappa shape index (κ3) is 2.43. The van der Waals surface area contributed by atoms with Gasteiger partial charge in [-0.05, 0) is 26.0 Å². The van der Waals surface area contributed by atoms with Gasteiger partial charge in [0.25, 0.3) is 0 Å². The van der Waals surface area contributed by atoms with Gasteiger partial charge in [0.1, 0.15) is 0 Å². The van der Waals surface area contributed by atoms with Gasteiger partial charge in [-0.2, -0.15) is 15.3 Å². The van der Waals surface area contributed by atoms with Gasteiger partial charge < -0.3 is 5.32 Å². The van der Waals surface area contributed by atoms with Gasteiger partial charge in [0.15, 0.2) is 0 Å². The Morgan fingerprint density at radius 1 is 1.31 bits per heavy atom. The molecule has 84 valence electrons. The Labute approximate surface area is 94.3 Å². The molecule has 0 amide bonds. The number of aryl methyl sites for hydroxylation is 2. The Morgan fingerprint density at radius 2 is 2.19 bits per heavy atom. The zero-order valence-electron chi connectivity index (χ0n) is 9.49. The lowest BCUT2D eigenvalue weighted by molar-refractivity contribution is 0.666. The molecule has 2 N–H and O–H groups in total. The molecular weight excluding hydrogens is 202 g/mol. The van der Waals surface area contributed by atoms with Crippen LogP contribution in [0.1, 0.15) is 22.6 Å². The summed E-state index contributed by atoms with van der Waals surface area (Å²) in [6.45, 7) is 5.55. The summed E-state index contributed by atoms with van der Waals surface area (Å²) < 4.78 is 0. The molecule has 2 aromatic heterocycles. The van der Waals surface area contributed by atoms with E-state index < -0.39 is 0 Å². The fraction of sp³-hybridized carbons (Fsp3) is 0.364. The molecule has 0 fully saturated rings. The average Bonchev–Trinajstić information content (AvgIpc) is 2.62. The largest absolute Gasteiger partial charge is 0.307 e. The molecule has 0 radical (unpaired) electrons. The number of nitrogens with zero attached hydrogens (tertiary/aromatic N) is 3. The van der Waals surface area contributed by atoms with Crippen LogP contribution < -0.4 is 5.32 Å². The van der Waals surface area contributed by atoms with Crippen molar-refractivity contribution < 1.29 is 0 Å². The van der Waals surface area contributed by atoms with Crippen molar-refractivity contribution in [1.29, 1.82) is 0 Å². The number of aromatic amines is 1. The highest BCUT2D eigenvalue weighted by atomic mass is 15.1. The normalized spacial score (nSPS) is 10.6. The molecule has 0 atom stereocenters. The standard InChI is InChI=1S/C11H15N5/c1-8-11(9(2)15-14-8)7-12-6-10-4-3-5-13-16-10/h3-5,12H,6-7H2,1-2H3,(H,14,15). The van der Waals surface area contributed by atoms with Crippen molar-refractivity contribution in [2.45, 2.75) is 26.9 Å². The smallest absolute Gasteiger partial charge is 0.0769 e. The summed E-state index contributed by atoms with van der Waals surface area (Å²) in [6.07, 6.45) is 1.67. The second kappa shape index (κ2) is 4.85. The molecule has 0 saturated carbocycles. The van der Waals surface area contributed by atoms with Crippen LogP contribution in [0.15, 0.2) is 18.3 Å². The van der Waals surface area contributed by atoms with Gasteiger partial charge in [0.05, 0.1) is 11.4 Å². The fourth-order valence-electron chi connectivity index (χ4n) is 1.58. The zero-order valence-corrected chi connectivity index (χ0v) is 9.49.